The van der Waals surface area contributed by atoms with Gasteiger partial charge >= 0.3 is 0 Å². The van der Waals surface area contributed by atoms with Gasteiger partial charge in [-0.1, -0.05) is 6.42 Å². The molecule has 1 aromatic rings. The zero-order chi connectivity index (χ0) is 13.2. The van der Waals surface area contributed by atoms with Crippen LogP contribution < -0.4 is 5.73 Å². The summed E-state index contributed by atoms with van der Waals surface area (Å²) in [6.07, 6.45) is 5.57. The Morgan fingerprint density at radius 3 is 3.05 bits per heavy atom. The zero-order valence-electron chi connectivity index (χ0n) is 11.2. The van der Waals surface area contributed by atoms with Crippen molar-refractivity contribution in [3.8, 4) is 0 Å². The Kier molecular flexibility index (Phi) is 3.42. The van der Waals surface area contributed by atoms with Gasteiger partial charge in [-0.3, -0.25) is 14.4 Å². The lowest BCUT2D eigenvalue weighted by Crippen LogP contribution is -2.56. The average Bonchev–Trinajstić information content (AvgIpc) is 2.83. The Bertz CT molecular complexity index is 458. The Morgan fingerprint density at radius 1 is 1.37 bits per heavy atom. The molecule has 1 unspecified atom stereocenters. The van der Waals surface area contributed by atoms with Crippen molar-refractivity contribution < 1.29 is 4.79 Å². The van der Waals surface area contributed by atoms with Gasteiger partial charge in [-0.15, -0.1) is 0 Å². The van der Waals surface area contributed by atoms with E-state index < -0.39 is 0 Å². The number of rotatable bonds is 2. The third-order valence-electron chi connectivity index (χ3n) is 4.15. The molecule has 0 radical (unpaired) electrons. The molecule has 2 saturated heterocycles. The van der Waals surface area contributed by atoms with Crippen LogP contribution in [-0.2, 0) is 11.3 Å². The van der Waals surface area contributed by atoms with E-state index in [4.69, 9.17) is 5.73 Å². The minimum atomic E-state index is 0.147. The highest BCUT2D eigenvalue weighted by Gasteiger charge is 2.30. The molecule has 2 aliphatic heterocycles. The van der Waals surface area contributed by atoms with Gasteiger partial charge in [0, 0.05) is 31.9 Å². The predicted octanol–water partition coefficient (Wildman–Crippen LogP) is 0.162. The monoisotopic (exact) mass is 263 g/mol. The van der Waals surface area contributed by atoms with Crippen LogP contribution in [0.3, 0.4) is 0 Å². The number of amides is 1. The second kappa shape index (κ2) is 5.21. The van der Waals surface area contributed by atoms with Crippen LogP contribution in [0.4, 0.5) is 5.82 Å². The molecule has 0 spiro atoms. The molecule has 2 N–H and O–H groups in total. The fraction of sp³-hybridized carbons (Fsp3) is 0.692. The van der Waals surface area contributed by atoms with Crippen LogP contribution in [0.1, 0.15) is 19.3 Å². The van der Waals surface area contributed by atoms with Crippen molar-refractivity contribution in [2.45, 2.75) is 31.8 Å². The highest BCUT2D eigenvalue weighted by Crippen LogP contribution is 2.21. The molecular weight excluding hydrogens is 242 g/mol. The van der Waals surface area contributed by atoms with Gasteiger partial charge < -0.3 is 10.6 Å². The smallest absolute Gasteiger partial charge is 0.244 e. The molecule has 1 amide bonds. The van der Waals surface area contributed by atoms with Gasteiger partial charge in [0.1, 0.15) is 12.4 Å². The number of aromatic nitrogens is 2. The number of nitrogens with two attached hydrogens (primary N) is 1. The molecule has 0 aliphatic carbocycles. The van der Waals surface area contributed by atoms with Crippen LogP contribution in [0.25, 0.3) is 0 Å². The van der Waals surface area contributed by atoms with E-state index in [0.29, 0.717) is 18.4 Å². The first-order valence-electron chi connectivity index (χ1n) is 7.03. The van der Waals surface area contributed by atoms with Crippen molar-refractivity contribution in [1.29, 1.82) is 0 Å². The van der Waals surface area contributed by atoms with E-state index in [1.54, 1.807) is 16.9 Å². The fourth-order valence-electron chi connectivity index (χ4n) is 3.09. The van der Waals surface area contributed by atoms with Gasteiger partial charge in [0.2, 0.25) is 5.91 Å². The van der Waals surface area contributed by atoms with Gasteiger partial charge in [0.05, 0.1) is 0 Å². The fourth-order valence-corrected chi connectivity index (χ4v) is 3.09. The maximum absolute atomic E-state index is 12.3. The average molecular weight is 263 g/mol. The van der Waals surface area contributed by atoms with Gasteiger partial charge in [-0.2, -0.15) is 5.10 Å². The van der Waals surface area contributed by atoms with E-state index in [0.717, 1.165) is 19.6 Å². The number of nitrogens with zero attached hydrogens (tertiary/aromatic N) is 4. The largest absolute Gasteiger partial charge is 0.382 e. The summed E-state index contributed by atoms with van der Waals surface area (Å²) >= 11 is 0. The van der Waals surface area contributed by atoms with E-state index in [9.17, 15) is 4.79 Å². The van der Waals surface area contributed by atoms with Crippen LogP contribution in [0, 0.1) is 0 Å². The second-order valence-electron chi connectivity index (χ2n) is 5.46. The second-order valence-corrected chi connectivity index (χ2v) is 5.46. The molecule has 2 aliphatic rings. The molecule has 19 heavy (non-hydrogen) atoms. The van der Waals surface area contributed by atoms with Crippen molar-refractivity contribution in [3.05, 3.63) is 12.3 Å². The number of hydrogen-bond donors (Lipinski definition) is 1. The summed E-state index contributed by atoms with van der Waals surface area (Å²) in [6, 6.07) is 2.28. The number of piperazine rings is 1. The Hall–Kier alpha value is -1.56. The first kappa shape index (κ1) is 12.5. The molecule has 6 nitrogen and oxygen atoms in total. The first-order valence-corrected chi connectivity index (χ1v) is 7.03. The minimum Gasteiger partial charge on any atom is -0.382 e. The summed E-state index contributed by atoms with van der Waals surface area (Å²) in [5, 5.41) is 4.06. The Labute approximate surface area is 113 Å². The molecule has 1 aromatic heterocycles. The molecule has 3 rings (SSSR count). The van der Waals surface area contributed by atoms with E-state index in [1.807, 2.05) is 4.90 Å². The molecule has 0 saturated carbocycles. The van der Waals surface area contributed by atoms with Crippen molar-refractivity contribution >= 4 is 11.7 Å². The highest BCUT2D eigenvalue weighted by atomic mass is 16.2. The van der Waals surface area contributed by atoms with E-state index in [1.165, 1.54) is 25.8 Å². The van der Waals surface area contributed by atoms with Crippen molar-refractivity contribution in [3.63, 3.8) is 0 Å². The summed E-state index contributed by atoms with van der Waals surface area (Å²) in [7, 11) is 0. The third kappa shape index (κ3) is 2.73. The van der Waals surface area contributed by atoms with Gasteiger partial charge in [0.25, 0.3) is 0 Å². The summed E-state index contributed by atoms with van der Waals surface area (Å²) in [6.45, 7) is 4.21. The van der Waals surface area contributed by atoms with Gasteiger partial charge in [0.15, 0.2) is 0 Å². The Balaban J connectivity index is 1.58. The van der Waals surface area contributed by atoms with Crippen LogP contribution in [-0.4, -0.2) is 57.7 Å². The molecule has 0 aromatic carbocycles. The standard InChI is InChI=1S/C13H21N5O/c14-12-4-6-18(15-12)10-13(19)17-8-7-16-5-2-1-3-11(16)9-17/h4,6,11H,1-3,5,7-10H2,(H2,14,15). The molecule has 3 heterocycles. The maximum Gasteiger partial charge on any atom is 0.244 e. The normalized spacial score (nSPS) is 24.2. The lowest BCUT2D eigenvalue weighted by Gasteiger charge is -2.44. The number of hydrogen-bond acceptors (Lipinski definition) is 4. The summed E-state index contributed by atoms with van der Waals surface area (Å²) in [5.41, 5.74) is 5.56. The van der Waals surface area contributed by atoms with Gasteiger partial charge in [-0.05, 0) is 25.5 Å². The molecule has 6 heteroatoms. The number of nitrogen functional groups attached to an aromatic ring is 1. The molecule has 2 fully saturated rings. The summed E-state index contributed by atoms with van der Waals surface area (Å²) in [5.74, 6) is 0.609. The number of carbonyl (C=O) groups is 1. The van der Waals surface area contributed by atoms with Crippen LogP contribution in [0.15, 0.2) is 12.3 Å². The lowest BCUT2D eigenvalue weighted by atomic mass is 9.99. The van der Waals surface area contributed by atoms with Gasteiger partial charge in [-0.25, -0.2) is 0 Å². The SMILES string of the molecule is Nc1ccn(CC(=O)N2CCN3CCCCC3C2)n1. The van der Waals surface area contributed by atoms with Crippen molar-refractivity contribution in [2.24, 2.45) is 0 Å². The van der Waals surface area contributed by atoms with Crippen LogP contribution >= 0.6 is 0 Å². The Morgan fingerprint density at radius 2 is 2.26 bits per heavy atom. The molecular formula is C13H21N5O. The zero-order valence-corrected chi connectivity index (χ0v) is 11.2. The van der Waals surface area contributed by atoms with Crippen molar-refractivity contribution in [1.82, 2.24) is 19.6 Å². The number of piperidine rings is 1. The summed E-state index contributed by atoms with van der Waals surface area (Å²) in [4.78, 5) is 16.8. The van der Waals surface area contributed by atoms with E-state index in [2.05, 4.69) is 10.00 Å². The highest BCUT2D eigenvalue weighted by molar-refractivity contribution is 5.76. The quantitative estimate of drug-likeness (QED) is 0.825. The predicted molar refractivity (Wildman–Crippen MR) is 72.4 cm³/mol. The van der Waals surface area contributed by atoms with E-state index >= 15 is 0 Å². The topological polar surface area (TPSA) is 67.4 Å². The number of carbonyl (C=O) groups excluding carboxylic acids is 1. The summed E-state index contributed by atoms with van der Waals surface area (Å²) < 4.78 is 1.62. The first-order chi connectivity index (χ1) is 9.22. The number of anilines is 1. The van der Waals surface area contributed by atoms with E-state index in [-0.39, 0.29) is 5.91 Å². The molecule has 0 bridgehead atoms. The van der Waals surface area contributed by atoms with Crippen LogP contribution in [0.2, 0.25) is 0 Å². The minimum absolute atomic E-state index is 0.147. The molecule has 1 atom stereocenters. The maximum atomic E-state index is 12.3. The van der Waals surface area contributed by atoms with Crippen molar-refractivity contribution in [2.75, 3.05) is 31.9 Å². The van der Waals surface area contributed by atoms with Crippen LogP contribution in [0.5, 0.6) is 0 Å². The molecule has 104 valence electrons. The number of fused-ring (bicyclic) bond motifs is 1. The third-order valence-corrected chi connectivity index (χ3v) is 4.15. The lowest BCUT2D eigenvalue weighted by molar-refractivity contribution is -0.135.